The second kappa shape index (κ2) is 9.74. The van der Waals surface area contributed by atoms with Gasteiger partial charge in [-0.25, -0.2) is 13.7 Å². The van der Waals surface area contributed by atoms with Crippen LogP contribution in [0.3, 0.4) is 0 Å². The van der Waals surface area contributed by atoms with Crippen molar-refractivity contribution in [2.24, 2.45) is 5.16 Å². The number of imidazole rings is 1. The number of thiazole rings is 1. The van der Waals surface area contributed by atoms with Crippen LogP contribution in [-0.2, 0) is 25.8 Å². The van der Waals surface area contributed by atoms with Gasteiger partial charge in [0.25, 0.3) is 17.5 Å². The molecule has 5 rings (SSSR count). The first kappa shape index (κ1) is 24.6. The maximum absolute atomic E-state index is 13.1. The van der Waals surface area contributed by atoms with Gasteiger partial charge in [-0.1, -0.05) is 22.6 Å². The molecule has 3 aromatic rings. The summed E-state index contributed by atoms with van der Waals surface area (Å²) in [7, 11) is 0. The molecule has 0 bridgehead atoms. The fraction of sp³-hybridized carbons (Fsp3) is 0.273. The maximum atomic E-state index is 13.1. The Morgan fingerprint density at radius 3 is 2.86 bits per heavy atom. The molecule has 15 heteroatoms. The highest BCUT2D eigenvalue weighted by atomic mass is 32.2. The molecule has 0 aromatic carbocycles. The zero-order chi connectivity index (χ0) is 26.3. The Labute approximate surface area is 218 Å². The zero-order valence-electron chi connectivity index (χ0n) is 19.4. The molecule has 0 saturated carbocycles. The number of nitrogens with two attached hydrogens (primary N) is 1. The fourth-order valence-electron chi connectivity index (χ4n) is 4.20. The largest absolute Gasteiger partial charge is 0.709 e. The summed E-state index contributed by atoms with van der Waals surface area (Å²) in [6.45, 7) is 2.04. The van der Waals surface area contributed by atoms with E-state index < -0.39 is 29.2 Å². The number of carboxylic acids is 1. The predicted molar refractivity (Wildman–Crippen MR) is 131 cm³/mol. The van der Waals surface area contributed by atoms with Crippen LogP contribution in [0.1, 0.15) is 12.6 Å². The third-order valence-electron chi connectivity index (χ3n) is 5.91. The summed E-state index contributed by atoms with van der Waals surface area (Å²) < 4.78 is 4.12. The number of nitrogens with zero attached hydrogens (tertiary/aromatic N) is 5. The number of anilines is 1. The molecule has 13 nitrogen and oxygen atoms in total. The summed E-state index contributed by atoms with van der Waals surface area (Å²) >= 11 is 2.25. The molecule has 0 aliphatic carbocycles. The van der Waals surface area contributed by atoms with E-state index in [0.717, 1.165) is 21.9 Å². The first-order chi connectivity index (χ1) is 17.8. The van der Waals surface area contributed by atoms with Gasteiger partial charge in [0.15, 0.2) is 5.69 Å². The number of pyridine rings is 1. The molecule has 0 radical (unpaired) electrons. The van der Waals surface area contributed by atoms with Gasteiger partial charge in [-0.3, -0.25) is 20.2 Å². The van der Waals surface area contributed by atoms with Crippen LogP contribution in [0.5, 0.6) is 0 Å². The van der Waals surface area contributed by atoms with Crippen molar-refractivity contribution in [3.8, 4) is 0 Å². The van der Waals surface area contributed by atoms with Gasteiger partial charge in [0.1, 0.15) is 37.0 Å². The average molecular weight is 544 g/mol. The van der Waals surface area contributed by atoms with Crippen LogP contribution in [0.2, 0.25) is 0 Å². The molecule has 2 atom stereocenters. The maximum Gasteiger partial charge on any atom is 0.335 e. The summed E-state index contributed by atoms with van der Waals surface area (Å²) in [6, 6.07) is 4.62. The smallest absolute Gasteiger partial charge is 0.335 e. The normalized spacial score (nSPS) is 19.5. The second-order valence-corrected chi connectivity index (χ2v) is 10.1. The third kappa shape index (κ3) is 4.25. The quantitative estimate of drug-likeness (QED) is 0.112. The molecular formula is C22H21N7O6S2. The summed E-state index contributed by atoms with van der Waals surface area (Å²) in [5.74, 6) is -2.59. The number of amides is 2. The number of hydrogen-bond acceptors (Lipinski definition) is 10. The molecule has 2 aliphatic heterocycles. The number of carboxylic acid groups (broad SMARTS) is 1. The highest BCUT2D eigenvalue weighted by molar-refractivity contribution is 8.00. The van der Waals surface area contributed by atoms with E-state index in [1.807, 2.05) is 45.8 Å². The Morgan fingerprint density at radius 1 is 1.35 bits per heavy atom. The van der Waals surface area contributed by atoms with Crippen molar-refractivity contribution in [2.75, 3.05) is 18.1 Å². The van der Waals surface area contributed by atoms with Gasteiger partial charge < -0.3 is 25.3 Å². The Hall–Kier alpha value is -4.11. The van der Waals surface area contributed by atoms with Crippen LogP contribution in [0.15, 0.2) is 58.6 Å². The Kier molecular flexibility index (Phi) is 6.47. The first-order valence-corrected chi connectivity index (χ1v) is 13.1. The summed E-state index contributed by atoms with van der Waals surface area (Å²) in [6.07, 6.45) is 5.55. The summed E-state index contributed by atoms with van der Waals surface area (Å²) in [5, 5.41) is 31.2. The van der Waals surface area contributed by atoms with Crippen LogP contribution in [-0.4, -0.2) is 56.7 Å². The fourth-order valence-corrected chi connectivity index (χ4v) is 6.17. The number of nitrogens with one attached hydrogen (secondary N) is 1. The third-order valence-corrected chi connectivity index (χ3v) is 8.00. The number of hydrogen-bond donors (Lipinski definition) is 2. The highest BCUT2D eigenvalue weighted by Gasteiger charge is 2.53. The minimum atomic E-state index is -1.47. The number of nitrogen functional groups attached to an aromatic ring is 1. The number of carbonyl (C=O) groups excluding carboxylic acids is 3. The van der Waals surface area contributed by atoms with Crippen molar-refractivity contribution in [3.63, 3.8) is 0 Å². The molecule has 2 amide bonds. The highest BCUT2D eigenvalue weighted by Crippen LogP contribution is 2.40. The van der Waals surface area contributed by atoms with E-state index in [2.05, 4.69) is 10.5 Å². The van der Waals surface area contributed by atoms with E-state index in [9.17, 15) is 24.7 Å². The Morgan fingerprint density at radius 2 is 2.16 bits per heavy atom. The first-order valence-electron chi connectivity index (χ1n) is 11.1. The lowest BCUT2D eigenvalue weighted by atomic mass is 10.0. The average Bonchev–Trinajstić information content (AvgIpc) is 3.45. The molecular weight excluding hydrogens is 522 g/mol. The monoisotopic (exact) mass is 543 g/mol. The van der Waals surface area contributed by atoms with Gasteiger partial charge in [0.2, 0.25) is 5.71 Å². The zero-order valence-corrected chi connectivity index (χ0v) is 21.0. The lowest BCUT2D eigenvalue weighted by Crippen LogP contribution is -2.71. The molecule has 0 spiro atoms. The van der Waals surface area contributed by atoms with Gasteiger partial charge in [-0.15, -0.1) is 11.8 Å². The van der Waals surface area contributed by atoms with Gasteiger partial charge in [-0.05, 0) is 13.0 Å². The summed E-state index contributed by atoms with van der Waals surface area (Å²) in [4.78, 5) is 44.3. The lowest BCUT2D eigenvalue weighted by molar-refractivity contribution is -0.586. The van der Waals surface area contributed by atoms with E-state index in [1.165, 1.54) is 17.1 Å². The van der Waals surface area contributed by atoms with Crippen LogP contribution >= 0.6 is 23.1 Å². The number of rotatable bonds is 8. The van der Waals surface area contributed by atoms with Crippen LogP contribution in [0, 0.1) is 5.21 Å². The predicted octanol–water partition coefficient (Wildman–Crippen LogP) is -1.65. The van der Waals surface area contributed by atoms with Crippen LogP contribution < -0.4 is 25.3 Å². The molecule has 2 aliphatic rings. The van der Waals surface area contributed by atoms with Crippen molar-refractivity contribution in [1.82, 2.24) is 14.8 Å². The Balaban J connectivity index is 1.38. The number of β-lactam (4-membered cyclic amide) rings is 1. The molecule has 1 saturated heterocycles. The number of fused-ring (bicyclic) bond motifs is 2. The number of oxime groups is 1. The SMILES string of the molecule is CCO/N=C(\C(=O)N[C@@H]1C(=O)N2C(C(=O)[O-])=C(Cn3cc[n+]4ccccc34)CS[C@@H]12)c1csc(N)[n+]1[O-]. The minimum absolute atomic E-state index is 0.0918. The molecule has 1 fully saturated rings. The second-order valence-electron chi connectivity index (χ2n) is 8.10. The van der Waals surface area contributed by atoms with E-state index in [-0.39, 0.29) is 35.4 Å². The molecule has 3 aromatic heterocycles. The van der Waals surface area contributed by atoms with E-state index in [4.69, 9.17) is 10.6 Å². The topological polar surface area (TPSA) is 173 Å². The van der Waals surface area contributed by atoms with Crippen molar-refractivity contribution >= 4 is 57.4 Å². The van der Waals surface area contributed by atoms with Gasteiger partial charge in [-0.2, -0.15) is 0 Å². The molecule has 5 heterocycles. The number of carbonyl (C=O) groups is 3. The summed E-state index contributed by atoms with van der Waals surface area (Å²) in [5.41, 5.74) is 6.30. The van der Waals surface area contributed by atoms with Crippen molar-refractivity contribution in [1.29, 1.82) is 0 Å². The van der Waals surface area contributed by atoms with Gasteiger partial charge >= 0.3 is 5.13 Å². The number of aliphatic carboxylic acids is 1. The van der Waals surface area contributed by atoms with Crippen molar-refractivity contribution in [3.05, 3.63) is 64.3 Å². The van der Waals surface area contributed by atoms with E-state index in [0.29, 0.717) is 16.1 Å². The molecule has 0 unspecified atom stereocenters. The van der Waals surface area contributed by atoms with Gasteiger partial charge in [0, 0.05) is 22.8 Å². The van der Waals surface area contributed by atoms with E-state index in [1.54, 1.807) is 6.92 Å². The van der Waals surface area contributed by atoms with Gasteiger partial charge in [0.05, 0.1) is 17.9 Å². The molecule has 192 valence electrons. The lowest BCUT2D eigenvalue weighted by Gasteiger charge is -2.50. The molecule has 37 heavy (non-hydrogen) atoms. The van der Waals surface area contributed by atoms with Crippen molar-refractivity contribution in [2.45, 2.75) is 24.9 Å². The standard InChI is InChI=1S/C22H21N7O6S2/c1-2-35-25-15(13-11-37-22(23)29(13)34)18(30)24-16-19(31)28-17(21(32)33)12(10-36-20(16)28)9-27-8-7-26-6-4-3-5-14(26)27/h3-8,11,16,20H,2,9-10,23H2,1H3,(H-,24,30,32,33)/b25-15-/t16-,20+/m1/s1. The minimum Gasteiger partial charge on any atom is -0.709 e. The van der Waals surface area contributed by atoms with Crippen molar-refractivity contribution < 1.29 is 33.5 Å². The van der Waals surface area contributed by atoms with E-state index >= 15 is 0 Å². The molecule has 3 N–H and O–H groups in total. The Bertz CT molecular complexity index is 1480. The van der Waals surface area contributed by atoms with Crippen LogP contribution in [0.25, 0.3) is 5.65 Å². The number of thioether (sulfide) groups is 1. The number of aromatic nitrogens is 3. The van der Waals surface area contributed by atoms with Crippen LogP contribution in [0.4, 0.5) is 5.13 Å².